The number of hydrogen-bond acceptors (Lipinski definition) is 6. The second kappa shape index (κ2) is 8.57. The molecule has 1 atom stereocenters. The maximum Gasteiger partial charge on any atom is 0.323 e. The van der Waals surface area contributed by atoms with Crippen LogP contribution in [-0.2, 0) is 6.54 Å². The van der Waals surface area contributed by atoms with Crippen molar-refractivity contribution in [3.63, 3.8) is 0 Å². The van der Waals surface area contributed by atoms with Crippen LogP contribution < -0.4 is 11.1 Å². The van der Waals surface area contributed by atoms with Gasteiger partial charge in [-0.1, -0.05) is 6.07 Å². The van der Waals surface area contributed by atoms with E-state index in [0.29, 0.717) is 30.8 Å². The predicted octanol–water partition coefficient (Wildman–Crippen LogP) is 1.97. The van der Waals surface area contributed by atoms with E-state index in [-0.39, 0.29) is 6.03 Å². The Labute approximate surface area is 153 Å². The van der Waals surface area contributed by atoms with Crippen LogP contribution in [0.15, 0.2) is 36.7 Å². The van der Waals surface area contributed by atoms with Crippen LogP contribution in [-0.4, -0.2) is 57.0 Å². The van der Waals surface area contributed by atoms with Crippen molar-refractivity contribution in [1.82, 2.24) is 24.8 Å². The first-order valence-electron chi connectivity index (χ1n) is 8.86. The molecule has 0 spiro atoms. The third-order valence-electron chi connectivity index (χ3n) is 4.63. The highest BCUT2D eigenvalue weighted by Crippen LogP contribution is 2.18. The van der Waals surface area contributed by atoms with E-state index in [0.717, 1.165) is 31.6 Å². The smallest absolute Gasteiger partial charge is 0.323 e. The Morgan fingerprint density at radius 1 is 1.27 bits per heavy atom. The summed E-state index contributed by atoms with van der Waals surface area (Å²) >= 11 is 0. The molecule has 1 aliphatic heterocycles. The average molecular weight is 355 g/mol. The lowest BCUT2D eigenvalue weighted by Crippen LogP contribution is -2.37. The van der Waals surface area contributed by atoms with E-state index in [1.165, 1.54) is 0 Å². The number of carbonyl (C=O) groups excluding carboxylic acids is 1. The lowest BCUT2D eigenvalue weighted by Gasteiger charge is -2.26. The van der Waals surface area contributed by atoms with Gasteiger partial charge in [0.05, 0.1) is 6.54 Å². The van der Waals surface area contributed by atoms with Crippen LogP contribution in [0.1, 0.15) is 25.1 Å². The molecular formula is C18H25N7O. The summed E-state index contributed by atoms with van der Waals surface area (Å²) in [5.74, 6) is 1.79. The molecule has 2 aromatic rings. The molecule has 1 fully saturated rings. The van der Waals surface area contributed by atoms with Crippen LogP contribution in [0.3, 0.4) is 0 Å². The van der Waals surface area contributed by atoms with E-state index in [4.69, 9.17) is 5.73 Å². The number of rotatable bonds is 4. The largest absolute Gasteiger partial charge is 0.384 e. The second-order valence-corrected chi connectivity index (χ2v) is 6.53. The molecule has 0 radical (unpaired) electrons. The predicted molar refractivity (Wildman–Crippen MR) is 100 cm³/mol. The van der Waals surface area contributed by atoms with E-state index in [1.807, 2.05) is 17.0 Å². The Morgan fingerprint density at radius 3 is 2.92 bits per heavy atom. The van der Waals surface area contributed by atoms with Crippen LogP contribution in [0, 0.1) is 0 Å². The van der Waals surface area contributed by atoms with Gasteiger partial charge in [-0.15, -0.1) is 0 Å². The highest BCUT2D eigenvalue weighted by Gasteiger charge is 2.23. The standard InChI is InChI=1S/C18H25N7O/c1-24(13-17-21-10-7-15(19)22-17)14-5-4-11-25(12-8-14)18(26)23-16-6-2-3-9-20-16/h2-3,6-7,9-10,14H,4-5,8,11-13H2,1H3,(H2,19,21,22)(H,20,23,26)/t14-/m1/s1. The molecule has 3 rings (SSSR count). The van der Waals surface area contributed by atoms with Gasteiger partial charge in [-0.05, 0) is 44.5 Å². The van der Waals surface area contributed by atoms with Crippen molar-refractivity contribution >= 4 is 17.7 Å². The first-order valence-corrected chi connectivity index (χ1v) is 8.86. The number of anilines is 2. The highest BCUT2D eigenvalue weighted by atomic mass is 16.2. The zero-order chi connectivity index (χ0) is 18.4. The monoisotopic (exact) mass is 355 g/mol. The Balaban J connectivity index is 1.53. The van der Waals surface area contributed by atoms with E-state index in [9.17, 15) is 4.79 Å². The van der Waals surface area contributed by atoms with Gasteiger partial charge in [0, 0.05) is 31.5 Å². The third kappa shape index (κ3) is 4.89. The second-order valence-electron chi connectivity index (χ2n) is 6.53. The molecule has 2 amide bonds. The van der Waals surface area contributed by atoms with E-state index in [1.54, 1.807) is 24.5 Å². The zero-order valence-corrected chi connectivity index (χ0v) is 15.0. The van der Waals surface area contributed by atoms with Crippen molar-refractivity contribution in [2.24, 2.45) is 0 Å². The number of aromatic nitrogens is 3. The summed E-state index contributed by atoms with van der Waals surface area (Å²) in [6.45, 7) is 2.11. The van der Waals surface area contributed by atoms with Gasteiger partial charge in [-0.3, -0.25) is 10.2 Å². The van der Waals surface area contributed by atoms with Gasteiger partial charge in [0.15, 0.2) is 0 Å². The van der Waals surface area contributed by atoms with Crippen LogP contribution in [0.4, 0.5) is 16.4 Å². The van der Waals surface area contributed by atoms with Crippen molar-refractivity contribution in [1.29, 1.82) is 0 Å². The number of nitrogens with one attached hydrogen (secondary N) is 1. The molecule has 8 heteroatoms. The molecule has 3 heterocycles. The van der Waals surface area contributed by atoms with E-state index < -0.39 is 0 Å². The lowest BCUT2D eigenvalue weighted by molar-refractivity contribution is 0.199. The van der Waals surface area contributed by atoms with Crippen LogP contribution in [0.25, 0.3) is 0 Å². The highest BCUT2D eigenvalue weighted by molar-refractivity contribution is 5.88. The summed E-state index contributed by atoms with van der Waals surface area (Å²) in [6.07, 6.45) is 6.26. The van der Waals surface area contributed by atoms with Gasteiger partial charge in [-0.2, -0.15) is 0 Å². The van der Waals surface area contributed by atoms with Crippen molar-refractivity contribution in [3.8, 4) is 0 Å². The Bertz CT molecular complexity index is 724. The minimum Gasteiger partial charge on any atom is -0.384 e. The maximum atomic E-state index is 12.5. The topological polar surface area (TPSA) is 100 Å². The molecule has 3 N–H and O–H groups in total. The minimum absolute atomic E-state index is 0.0915. The van der Waals surface area contributed by atoms with Gasteiger partial charge in [0.25, 0.3) is 0 Å². The summed E-state index contributed by atoms with van der Waals surface area (Å²) < 4.78 is 0. The summed E-state index contributed by atoms with van der Waals surface area (Å²) in [6, 6.07) is 7.45. The molecule has 0 aromatic carbocycles. The number of amides is 2. The minimum atomic E-state index is -0.0915. The SMILES string of the molecule is CN(Cc1nccc(N)n1)[C@@H]1CCCN(C(=O)Nc2ccccn2)CC1. The van der Waals surface area contributed by atoms with E-state index >= 15 is 0 Å². The molecule has 26 heavy (non-hydrogen) atoms. The number of nitrogens with zero attached hydrogens (tertiary/aromatic N) is 5. The van der Waals surface area contributed by atoms with Crippen molar-refractivity contribution in [2.75, 3.05) is 31.2 Å². The number of pyridine rings is 1. The summed E-state index contributed by atoms with van der Waals surface area (Å²) in [4.78, 5) is 29.2. The zero-order valence-electron chi connectivity index (χ0n) is 15.0. The molecule has 1 aliphatic rings. The Morgan fingerprint density at radius 2 is 2.15 bits per heavy atom. The van der Waals surface area contributed by atoms with Crippen LogP contribution >= 0.6 is 0 Å². The van der Waals surface area contributed by atoms with Crippen LogP contribution in [0.5, 0.6) is 0 Å². The number of likely N-dealkylation sites (tertiary alicyclic amines) is 1. The summed E-state index contributed by atoms with van der Waals surface area (Å²) in [5, 5.41) is 2.86. The maximum absolute atomic E-state index is 12.5. The summed E-state index contributed by atoms with van der Waals surface area (Å²) in [7, 11) is 2.07. The Hall–Kier alpha value is -2.74. The van der Waals surface area contributed by atoms with Gasteiger partial charge >= 0.3 is 6.03 Å². The van der Waals surface area contributed by atoms with Gasteiger partial charge in [0.2, 0.25) is 0 Å². The fourth-order valence-corrected chi connectivity index (χ4v) is 3.19. The third-order valence-corrected chi connectivity index (χ3v) is 4.63. The molecular weight excluding hydrogens is 330 g/mol. The van der Waals surface area contributed by atoms with Gasteiger partial charge < -0.3 is 10.6 Å². The molecule has 138 valence electrons. The average Bonchev–Trinajstić information content (AvgIpc) is 2.89. The number of urea groups is 1. The first kappa shape index (κ1) is 18.1. The quantitative estimate of drug-likeness (QED) is 0.870. The molecule has 8 nitrogen and oxygen atoms in total. The fourth-order valence-electron chi connectivity index (χ4n) is 3.19. The van der Waals surface area contributed by atoms with Crippen LogP contribution in [0.2, 0.25) is 0 Å². The van der Waals surface area contributed by atoms with Crippen molar-refractivity contribution in [2.45, 2.75) is 31.8 Å². The lowest BCUT2D eigenvalue weighted by atomic mass is 10.1. The first-order chi connectivity index (χ1) is 12.6. The fraction of sp³-hybridized carbons (Fsp3) is 0.444. The number of carbonyl (C=O) groups is 1. The number of nitrogens with two attached hydrogens (primary N) is 1. The Kier molecular flexibility index (Phi) is 5.96. The number of nitrogen functional groups attached to an aromatic ring is 1. The molecule has 2 aromatic heterocycles. The van der Waals surface area contributed by atoms with Gasteiger partial charge in [0.1, 0.15) is 17.5 Å². The van der Waals surface area contributed by atoms with Crippen molar-refractivity contribution < 1.29 is 4.79 Å². The van der Waals surface area contributed by atoms with Gasteiger partial charge in [-0.25, -0.2) is 19.7 Å². The molecule has 0 bridgehead atoms. The number of hydrogen-bond donors (Lipinski definition) is 2. The molecule has 0 unspecified atom stereocenters. The molecule has 0 saturated carbocycles. The normalized spacial score (nSPS) is 17.8. The van der Waals surface area contributed by atoms with E-state index in [2.05, 4.69) is 32.2 Å². The van der Waals surface area contributed by atoms with Crippen molar-refractivity contribution in [3.05, 3.63) is 42.5 Å². The molecule has 0 aliphatic carbocycles. The molecule has 1 saturated heterocycles. The summed E-state index contributed by atoms with van der Waals surface area (Å²) in [5.41, 5.74) is 5.73.